The summed E-state index contributed by atoms with van der Waals surface area (Å²) in [4.78, 5) is 25.3. The van der Waals surface area contributed by atoms with Crippen LogP contribution in [0.25, 0.3) is 0 Å². The number of nitrogens with zero attached hydrogens (tertiary/aromatic N) is 3. The molecule has 1 heterocycles. The van der Waals surface area contributed by atoms with Gasteiger partial charge in [0.25, 0.3) is 5.91 Å². The molecule has 0 saturated heterocycles. The van der Waals surface area contributed by atoms with Crippen LogP contribution in [0.15, 0.2) is 43.1 Å². The summed E-state index contributed by atoms with van der Waals surface area (Å²) in [5, 5.41) is 6.51. The van der Waals surface area contributed by atoms with E-state index in [0.29, 0.717) is 28.2 Å². The molecule has 0 bridgehead atoms. The largest absolute Gasteiger partial charge is 0.333 e. The van der Waals surface area contributed by atoms with E-state index in [4.69, 9.17) is 0 Å². The first-order chi connectivity index (χ1) is 12.3. The number of aromatic nitrogens is 2. The van der Waals surface area contributed by atoms with E-state index < -0.39 is 12.5 Å². The molecule has 2 rings (SSSR count). The minimum absolute atomic E-state index is 0.00338. The van der Waals surface area contributed by atoms with Gasteiger partial charge in [0, 0.05) is 24.0 Å². The van der Waals surface area contributed by atoms with E-state index in [1.54, 1.807) is 25.1 Å². The summed E-state index contributed by atoms with van der Waals surface area (Å²) in [6.07, 6.45) is 2.62. The summed E-state index contributed by atoms with van der Waals surface area (Å²) in [5.41, 5.74) is 2.17. The molecule has 1 aromatic heterocycles. The van der Waals surface area contributed by atoms with Crippen LogP contribution < -0.4 is 10.2 Å². The lowest BCUT2D eigenvalue weighted by atomic mass is 10.1. The maximum atomic E-state index is 12.7. The molecule has 2 aromatic rings. The molecule has 0 aliphatic heterocycles. The zero-order valence-electron chi connectivity index (χ0n) is 14.6. The molecule has 2 amide bonds. The Morgan fingerprint density at radius 3 is 2.69 bits per heavy atom. The first-order valence-corrected chi connectivity index (χ1v) is 8.02. The number of anilines is 2. The van der Waals surface area contributed by atoms with Gasteiger partial charge >= 0.3 is 6.55 Å². The van der Waals surface area contributed by atoms with Crippen LogP contribution in [-0.4, -0.2) is 21.6 Å². The Kier molecular flexibility index (Phi) is 6.21. The first-order valence-electron chi connectivity index (χ1n) is 8.02. The highest BCUT2D eigenvalue weighted by Crippen LogP contribution is 2.26. The summed E-state index contributed by atoms with van der Waals surface area (Å²) < 4.78 is 25.9. The molecular formula is C18H20F2N4O2. The van der Waals surface area contributed by atoms with Gasteiger partial charge < -0.3 is 10.2 Å². The van der Waals surface area contributed by atoms with Gasteiger partial charge in [-0.15, -0.1) is 0 Å². The molecule has 0 spiro atoms. The number of carbonyl (C=O) groups is 2. The second-order valence-electron chi connectivity index (χ2n) is 5.60. The van der Waals surface area contributed by atoms with Crippen molar-refractivity contribution in [3.63, 3.8) is 0 Å². The van der Waals surface area contributed by atoms with Crippen molar-refractivity contribution in [2.75, 3.05) is 10.2 Å². The Labute approximate surface area is 150 Å². The van der Waals surface area contributed by atoms with Gasteiger partial charge in [-0.05, 0) is 36.8 Å². The van der Waals surface area contributed by atoms with E-state index in [1.807, 2.05) is 6.92 Å². The quantitative estimate of drug-likeness (QED) is 0.765. The number of carbonyl (C=O) groups excluding carboxylic acids is 2. The number of hydrogen-bond donors (Lipinski definition) is 1. The minimum atomic E-state index is -2.75. The van der Waals surface area contributed by atoms with Gasteiger partial charge in [0.15, 0.2) is 0 Å². The Morgan fingerprint density at radius 1 is 1.38 bits per heavy atom. The first kappa shape index (κ1) is 19.3. The molecule has 0 unspecified atom stereocenters. The van der Waals surface area contributed by atoms with Crippen molar-refractivity contribution in [2.24, 2.45) is 0 Å². The number of benzene rings is 1. The third-order valence-corrected chi connectivity index (χ3v) is 3.73. The van der Waals surface area contributed by atoms with Crippen LogP contribution in [0.4, 0.5) is 20.2 Å². The molecule has 0 radical (unpaired) electrons. The molecule has 0 aliphatic carbocycles. The molecule has 1 N–H and O–H groups in total. The summed E-state index contributed by atoms with van der Waals surface area (Å²) >= 11 is 0. The van der Waals surface area contributed by atoms with Crippen molar-refractivity contribution < 1.29 is 18.4 Å². The zero-order valence-corrected chi connectivity index (χ0v) is 14.6. The Bertz CT molecular complexity index is 817. The monoisotopic (exact) mass is 362 g/mol. The topological polar surface area (TPSA) is 67.2 Å². The standard InChI is InChI=1S/C18H20F2N4O2/c1-4-16(25)21-13-7-6-12(3)15(10-13)23(17(26)5-2)11-14-8-9-24(22-14)18(19)20/h5-10,18H,2,4,11H2,1,3H3,(H,21,25). The average Bonchev–Trinajstić information content (AvgIpc) is 3.09. The van der Waals surface area contributed by atoms with E-state index in [9.17, 15) is 18.4 Å². The van der Waals surface area contributed by atoms with Crippen molar-refractivity contribution in [3.8, 4) is 0 Å². The zero-order chi connectivity index (χ0) is 19.3. The van der Waals surface area contributed by atoms with Crippen LogP contribution in [0, 0.1) is 6.92 Å². The van der Waals surface area contributed by atoms with Gasteiger partial charge in [-0.25, -0.2) is 4.68 Å². The maximum absolute atomic E-state index is 12.7. The Morgan fingerprint density at radius 2 is 2.12 bits per heavy atom. The predicted molar refractivity (Wildman–Crippen MR) is 95.0 cm³/mol. The van der Waals surface area contributed by atoms with Gasteiger partial charge in [0.2, 0.25) is 5.91 Å². The number of amides is 2. The van der Waals surface area contributed by atoms with E-state index in [1.165, 1.54) is 11.0 Å². The van der Waals surface area contributed by atoms with Crippen molar-refractivity contribution in [1.82, 2.24) is 9.78 Å². The fourth-order valence-corrected chi connectivity index (χ4v) is 2.35. The van der Waals surface area contributed by atoms with Crippen LogP contribution in [0.2, 0.25) is 0 Å². The molecule has 0 saturated carbocycles. The second kappa shape index (κ2) is 8.37. The summed E-state index contributed by atoms with van der Waals surface area (Å²) in [6, 6.07) is 6.58. The Hall–Kier alpha value is -3.03. The second-order valence-corrected chi connectivity index (χ2v) is 5.60. The molecular weight excluding hydrogens is 342 g/mol. The lowest BCUT2D eigenvalue weighted by Crippen LogP contribution is -2.29. The maximum Gasteiger partial charge on any atom is 0.333 e. The number of nitrogens with one attached hydrogen (secondary N) is 1. The molecule has 138 valence electrons. The number of hydrogen-bond acceptors (Lipinski definition) is 3. The van der Waals surface area contributed by atoms with Gasteiger partial charge in [-0.1, -0.05) is 19.6 Å². The van der Waals surface area contributed by atoms with Gasteiger partial charge in [-0.3, -0.25) is 9.59 Å². The van der Waals surface area contributed by atoms with Crippen LogP contribution in [0.5, 0.6) is 0 Å². The number of alkyl halides is 2. The van der Waals surface area contributed by atoms with Crippen molar-refractivity contribution >= 4 is 23.2 Å². The number of aryl methyl sites for hydroxylation is 1. The van der Waals surface area contributed by atoms with Crippen molar-refractivity contribution in [3.05, 3.63) is 54.4 Å². The normalized spacial score (nSPS) is 10.7. The highest BCUT2D eigenvalue weighted by atomic mass is 19.3. The van der Waals surface area contributed by atoms with Gasteiger partial charge in [0.1, 0.15) is 0 Å². The average molecular weight is 362 g/mol. The van der Waals surface area contributed by atoms with E-state index in [-0.39, 0.29) is 12.5 Å². The smallest absolute Gasteiger partial charge is 0.326 e. The fraction of sp³-hybridized carbons (Fsp3) is 0.278. The summed E-state index contributed by atoms with van der Waals surface area (Å²) in [5.74, 6) is -0.559. The minimum Gasteiger partial charge on any atom is -0.326 e. The lowest BCUT2D eigenvalue weighted by molar-refractivity contribution is -0.116. The van der Waals surface area contributed by atoms with E-state index >= 15 is 0 Å². The van der Waals surface area contributed by atoms with Gasteiger partial charge in [0.05, 0.1) is 12.2 Å². The Balaban J connectivity index is 2.36. The third-order valence-electron chi connectivity index (χ3n) is 3.73. The molecule has 8 heteroatoms. The van der Waals surface area contributed by atoms with Crippen LogP contribution in [0.3, 0.4) is 0 Å². The molecule has 0 fully saturated rings. The number of rotatable bonds is 7. The van der Waals surface area contributed by atoms with E-state index in [0.717, 1.165) is 17.8 Å². The SMILES string of the molecule is C=CC(=O)N(Cc1ccn(C(F)F)n1)c1cc(NC(=O)CC)ccc1C. The highest BCUT2D eigenvalue weighted by molar-refractivity contribution is 6.02. The third kappa shape index (κ3) is 4.53. The van der Waals surface area contributed by atoms with Crippen molar-refractivity contribution in [2.45, 2.75) is 33.4 Å². The van der Waals surface area contributed by atoms with Crippen LogP contribution in [-0.2, 0) is 16.1 Å². The van der Waals surface area contributed by atoms with Crippen molar-refractivity contribution in [1.29, 1.82) is 0 Å². The van der Waals surface area contributed by atoms with E-state index in [2.05, 4.69) is 17.0 Å². The molecule has 0 aliphatic rings. The highest BCUT2D eigenvalue weighted by Gasteiger charge is 2.19. The van der Waals surface area contributed by atoms with Gasteiger partial charge in [-0.2, -0.15) is 13.9 Å². The molecule has 1 aromatic carbocycles. The van der Waals surface area contributed by atoms with Crippen LogP contribution in [0.1, 0.15) is 31.2 Å². The summed E-state index contributed by atoms with van der Waals surface area (Å²) in [7, 11) is 0. The molecule has 0 atom stereocenters. The van der Waals surface area contributed by atoms with Crippen LogP contribution >= 0.6 is 0 Å². The fourth-order valence-electron chi connectivity index (χ4n) is 2.35. The molecule has 26 heavy (non-hydrogen) atoms. The lowest BCUT2D eigenvalue weighted by Gasteiger charge is -2.23. The number of halogens is 2. The predicted octanol–water partition coefficient (Wildman–Crippen LogP) is 3.65. The summed E-state index contributed by atoms with van der Waals surface area (Å²) in [6.45, 7) is 4.28. The molecule has 6 nitrogen and oxygen atoms in total.